The van der Waals surface area contributed by atoms with Crippen LogP contribution in [0, 0.1) is 0 Å². The zero-order chi connectivity index (χ0) is 18.9. The van der Waals surface area contributed by atoms with E-state index >= 15 is 0 Å². The van der Waals surface area contributed by atoms with Gasteiger partial charge in [0.2, 0.25) is 0 Å². The van der Waals surface area contributed by atoms with Gasteiger partial charge in [0.05, 0.1) is 12.7 Å². The lowest BCUT2D eigenvalue weighted by molar-refractivity contribution is -0.0230. The maximum absolute atomic E-state index is 10.7. The molecule has 5 heteroatoms. The molecule has 138 valence electrons. The highest BCUT2D eigenvalue weighted by atomic mass is 16.5. The van der Waals surface area contributed by atoms with Crippen LogP contribution in [0.15, 0.2) is 36.4 Å². The summed E-state index contributed by atoms with van der Waals surface area (Å²) in [7, 11) is 1.55. The topological polar surface area (TPSA) is 79.2 Å². The van der Waals surface area contributed by atoms with Crippen molar-refractivity contribution in [2.75, 3.05) is 7.11 Å². The molecule has 3 rings (SSSR count). The molecule has 0 spiro atoms. The normalized spacial score (nSPS) is 16.5. The van der Waals surface area contributed by atoms with Gasteiger partial charge in [-0.3, -0.25) is 0 Å². The molecule has 0 aliphatic carbocycles. The lowest BCUT2D eigenvalue weighted by Crippen LogP contribution is -2.39. The summed E-state index contributed by atoms with van der Waals surface area (Å²) in [6.07, 6.45) is 4.37. The molecule has 0 unspecified atom stereocenters. The van der Waals surface area contributed by atoms with E-state index in [1.807, 2.05) is 24.3 Å². The molecule has 3 N–H and O–H groups in total. The van der Waals surface area contributed by atoms with Crippen molar-refractivity contribution in [2.45, 2.75) is 38.4 Å². The third-order valence-electron chi connectivity index (χ3n) is 4.62. The number of aliphatic hydroxyl groups is 1. The maximum atomic E-state index is 10.7. The van der Waals surface area contributed by atoms with Gasteiger partial charge in [-0.2, -0.15) is 0 Å². The van der Waals surface area contributed by atoms with E-state index in [1.54, 1.807) is 39.2 Å². The van der Waals surface area contributed by atoms with Gasteiger partial charge in [0, 0.05) is 23.6 Å². The number of hydrogen-bond acceptors (Lipinski definition) is 5. The smallest absolute Gasteiger partial charge is 0.131 e. The average molecular weight is 356 g/mol. The van der Waals surface area contributed by atoms with Gasteiger partial charge in [0.1, 0.15) is 29.1 Å². The molecule has 1 heterocycles. The number of methoxy groups -OCH3 is 1. The molecule has 0 fully saturated rings. The Morgan fingerprint density at radius 2 is 1.92 bits per heavy atom. The highest BCUT2D eigenvalue weighted by Gasteiger charge is 2.37. The van der Waals surface area contributed by atoms with Crippen molar-refractivity contribution in [2.24, 2.45) is 0 Å². The average Bonchev–Trinajstić information content (AvgIpc) is 3.03. The van der Waals surface area contributed by atoms with Crippen molar-refractivity contribution < 1.29 is 24.8 Å². The minimum absolute atomic E-state index is 0.154. The Bertz CT molecular complexity index is 816. The number of rotatable bonds is 5. The zero-order valence-electron chi connectivity index (χ0n) is 15.2. The van der Waals surface area contributed by atoms with Gasteiger partial charge in [-0.15, -0.1) is 0 Å². The molecular formula is C21H24O5. The summed E-state index contributed by atoms with van der Waals surface area (Å²) in [6, 6.07) is 8.65. The molecule has 0 radical (unpaired) electrons. The van der Waals surface area contributed by atoms with E-state index in [-0.39, 0.29) is 11.5 Å². The number of benzene rings is 2. The van der Waals surface area contributed by atoms with E-state index in [0.29, 0.717) is 35.5 Å². The van der Waals surface area contributed by atoms with Gasteiger partial charge >= 0.3 is 0 Å². The Morgan fingerprint density at radius 3 is 2.54 bits per heavy atom. The third-order valence-corrected chi connectivity index (χ3v) is 4.62. The molecule has 1 aliphatic rings. The molecule has 26 heavy (non-hydrogen) atoms. The molecule has 2 aromatic carbocycles. The Balaban J connectivity index is 1.85. The van der Waals surface area contributed by atoms with Crippen LogP contribution in [0.25, 0.3) is 6.08 Å². The Labute approximate surface area is 153 Å². The Hall–Kier alpha value is -2.66. The lowest BCUT2D eigenvalue weighted by atomic mass is 9.95. The second-order valence-electron chi connectivity index (χ2n) is 7.04. The van der Waals surface area contributed by atoms with E-state index in [4.69, 9.17) is 9.47 Å². The Kier molecular flexibility index (Phi) is 4.83. The number of phenolic OH excluding ortho intramolecular Hbond substituents is 2. The number of hydrogen-bond donors (Lipinski definition) is 3. The summed E-state index contributed by atoms with van der Waals surface area (Å²) >= 11 is 0. The molecule has 0 amide bonds. The van der Waals surface area contributed by atoms with E-state index in [2.05, 4.69) is 0 Å². The SMILES string of the molecule is COc1cc2c(c(O)c1C/C=C/c1ccc(O)cc1)C[C@H](C(C)(C)O)O2. The van der Waals surface area contributed by atoms with Crippen molar-refractivity contribution >= 4 is 6.08 Å². The predicted octanol–water partition coefficient (Wildman–Crippen LogP) is 3.44. The molecule has 0 aromatic heterocycles. The fourth-order valence-electron chi connectivity index (χ4n) is 3.06. The number of fused-ring (bicyclic) bond motifs is 1. The summed E-state index contributed by atoms with van der Waals surface area (Å²) in [5.41, 5.74) is 1.33. The van der Waals surface area contributed by atoms with Gasteiger partial charge < -0.3 is 24.8 Å². The predicted molar refractivity (Wildman–Crippen MR) is 99.9 cm³/mol. The lowest BCUT2D eigenvalue weighted by Gasteiger charge is -2.24. The van der Waals surface area contributed by atoms with Crippen LogP contribution in [-0.4, -0.2) is 34.1 Å². The van der Waals surface area contributed by atoms with Crippen LogP contribution in [0.5, 0.6) is 23.0 Å². The number of ether oxygens (including phenoxy) is 2. The van der Waals surface area contributed by atoms with Crippen molar-refractivity contribution in [3.8, 4) is 23.0 Å². The van der Waals surface area contributed by atoms with Gasteiger partial charge in [-0.05, 0) is 38.0 Å². The highest BCUT2D eigenvalue weighted by molar-refractivity contribution is 5.60. The molecule has 1 atom stereocenters. The number of phenols is 2. The summed E-state index contributed by atoms with van der Waals surface area (Å²) in [4.78, 5) is 0. The molecule has 0 saturated carbocycles. The van der Waals surface area contributed by atoms with E-state index in [0.717, 1.165) is 5.56 Å². The van der Waals surface area contributed by atoms with Gasteiger partial charge in [0.15, 0.2) is 0 Å². The molecule has 1 aliphatic heterocycles. The van der Waals surface area contributed by atoms with Crippen LogP contribution < -0.4 is 9.47 Å². The second kappa shape index (κ2) is 6.92. The van der Waals surface area contributed by atoms with Crippen LogP contribution in [0.2, 0.25) is 0 Å². The summed E-state index contributed by atoms with van der Waals surface area (Å²) < 4.78 is 11.2. The van der Waals surface area contributed by atoms with Crippen molar-refractivity contribution in [3.63, 3.8) is 0 Å². The van der Waals surface area contributed by atoms with E-state index in [1.165, 1.54) is 0 Å². The van der Waals surface area contributed by atoms with Crippen molar-refractivity contribution in [1.29, 1.82) is 0 Å². The monoisotopic (exact) mass is 356 g/mol. The van der Waals surface area contributed by atoms with Crippen LogP contribution in [0.4, 0.5) is 0 Å². The van der Waals surface area contributed by atoms with Gasteiger partial charge in [-0.1, -0.05) is 24.3 Å². The molecule has 5 nitrogen and oxygen atoms in total. The quantitative estimate of drug-likeness (QED) is 0.765. The first-order valence-corrected chi connectivity index (χ1v) is 8.56. The Morgan fingerprint density at radius 1 is 1.23 bits per heavy atom. The first-order valence-electron chi connectivity index (χ1n) is 8.56. The highest BCUT2D eigenvalue weighted by Crippen LogP contribution is 2.44. The summed E-state index contributed by atoms with van der Waals surface area (Å²) in [5, 5.41) is 30.3. The minimum Gasteiger partial charge on any atom is -0.508 e. The standard InChI is InChI=1S/C21H24O5/c1-21(2,24)19-11-16-18(26-19)12-17(25-3)15(20(16)23)6-4-5-13-7-9-14(22)10-8-13/h4-5,7-10,12,19,22-24H,6,11H2,1-3H3/b5-4+/t19-/m1/s1. The first-order chi connectivity index (χ1) is 12.3. The molecule has 0 saturated heterocycles. The largest absolute Gasteiger partial charge is 0.508 e. The third kappa shape index (κ3) is 3.63. The number of allylic oxidation sites excluding steroid dienone is 1. The van der Waals surface area contributed by atoms with Crippen LogP contribution in [0.3, 0.4) is 0 Å². The molecule has 0 bridgehead atoms. The fourth-order valence-corrected chi connectivity index (χ4v) is 3.06. The second-order valence-corrected chi connectivity index (χ2v) is 7.04. The fraction of sp³-hybridized carbons (Fsp3) is 0.333. The molecular weight excluding hydrogens is 332 g/mol. The summed E-state index contributed by atoms with van der Waals surface area (Å²) in [6.45, 7) is 3.39. The molecule has 2 aromatic rings. The van der Waals surface area contributed by atoms with Crippen LogP contribution >= 0.6 is 0 Å². The summed E-state index contributed by atoms with van der Waals surface area (Å²) in [5.74, 6) is 1.48. The van der Waals surface area contributed by atoms with Gasteiger partial charge in [0.25, 0.3) is 0 Å². The van der Waals surface area contributed by atoms with Crippen molar-refractivity contribution in [3.05, 3.63) is 53.1 Å². The van der Waals surface area contributed by atoms with E-state index in [9.17, 15) is 15.3 Å². The van der Waals surface area contributed by atoms with Crippen LogP contribution in [-0.2, 0) is 12.8 Å². The number of aromatic hydroxyl groups is 2. The maximum Gasteiger partial charge on any atom is 0.131 e. The van der Waals surface area contributed by atoms with E-state index < -0.39 is 11.7 Å². The first kappa shape index (κ1) is 18.1. The zero-order valence-corrected chi connectivity index (χ0v) is 15.2. The minimum atomic E-state index is -1.00. The van der Waals surface area contributed by atoms with Crippen LogP contribution in [0.1, 0.15) is 30.5 Å². The van der Waals surface area contributed by atoms with Gasteiger partial charge in [-0.25, -0.2) is 0 Å². The van der Waals surface area contributed by atoms with Crippen molar-refractivity contribution in [1.82, 2.24) is 0 Å².